The van der Waals surface area contributed by atoms with Gasteiger partial charge in [-0.25, -0.2) is 9.59 Å². The molecule has 1 aromatic rings. The van der Waals surface area contributed by atoms with Gasteiger partial charge in [0.15, 0.2) is 5.78 Å². The van der Waals surface area contributed by atoms with Gasteiger partial charge in [0.1, 0.15) is 17.0 Å². The molecule has 146 valence electrons. The number of piperidine rings is 1. The van der Waals surface area contributed by atoms with E-state index in [-0.39, 0.29) is 18.3 Å². The summed E-state index contributed by atoms with van der Waals surface area (Å²) in [6.45, 7) is 6.44. The van der Waals surface area contributed by atoms with E-state index in [4.69, 9.17) is 14.2 Å². The van der Waals surface area contributed by atoms with Crippen LogP contribution in [0.15, 0.2) is 18.2 Å². The lowest BCUT2D eigenvalue weighted by molar-refractivity contribution is -0.0226. The lowest BCUT2D eigenvalue weighted by Crippen LogP contribution is -2.53. The van der Waals surface area contributed by atoms with Crippen LogP contribution < -0.4 is 4.74 Å². The van der Waals surface area contributed by atoms with Gasteiger partial charge in [-0.05, 0) is 39.0 Å². The molecule has 2 aliphatic heterocycles. The normalized spacial score (nSPS) is 18.5. The first-order chi connectivity index (χ1) is 12.6. The Hall–Kier alpha value is -2.57. The molecule has 2 heterocycles. The minimum absolute atomic E-state index is 0.0623. The molecule has 1 fully saturated rings. The van der Waals surface area contributed by atoms with Gasteiger partial charge >= 0.3 is 12.1 Å². The zero-order valence-electron chi connectivity index (χ0n) is 16.2. The monoisotopic (exact) mass is 375 g/mol. The fourth-order valence-electron chi connectivity index (χ4n) is 3.44. The molecule has 1 amide bonds. The minimum Gasteiger partial charge on any atom is -0.486 e. The molecule has 27 heavy (non-hydrogen) atoms. The van der Waals surface area contributed by atoms with Gasteiger partial charge in [-0.3, -0.25) is 4.79 Å². The molecule has 0 saturated carbocycles. The fourth-order valence-corrected chi connectivity index (χ4v) is 3.44. The average molecular weight is 375 g/mol. The summed E-state index contributed by atoms with van der Waals surface area (Å²) >= 11 is 0. The van der Waals surface area contributed by atoms with Crippen LogP contribution in [0.2, 0.25) is 0 Å². The molecule has 7 heteroatoms. The third-order valence-corrected chi connectivity index (χ3v) is 4.84. The zero-order chi connectivity index (χ0) is 19.8. The second kappa shape index (κ2) is 6.87. The van der Waals surface area contributed by atoms with E-state index in [0.717, 1.165) is 0 Å². The number of likely N-dealkylation sites (tertiary alicyclic amines) is 1. The first kappa shape index (κ1) is 19.2. The summed E-state index contributed by atoms with van der Waals surface area (Å²) in [7, 11) is 1.30. The first-order valence-electron chi connectivity index (χ1n) is 9.05. The van der Waals surface area contributed by atoms with Crippen LogP contribution in [0.1, 0.15) is 60.7 Å². The predicted molar refractivity (Wildman–Crippen MR) is 97.1 cm³/mol. The number of carbonyl (C=O) groups is 3. The summed E-state index contributed by atoms with van der Waals surface area (Å²) in [4.78, 5) is 38.2. The molecule has 1 saturated heterocycles. The largest absolute Gasteiger partial charge is 0.486 e. The van der Waals surface area contributed by atoms with Gasteiger partial charge in [0.25, 0.3) is 0 Å². The van der Waals surface area contributed by atoms with Crippen LogP contribution in [0.3, 0.4) is 0 Å². The van der Waals surface area contributed by atoms with Crippen molar-refractivity contribution in [3.05, 3.63) is 29.3 Å². The van der Waals surface area contributed by atoms with Crippen molar-refractivity contribution >= 4 is 17.8 Å². The Morgan fingerprint density at radius 1 is 1.19 bits per heavy atom. The van der Waals surface area contributed by atoms with Gasteiger partial charge in [0.2, 0.25) is 0 Å². The number of amides is 1. The van der Waals surface area contributed by atoms with Gasteiger partial charge in [-0.15, -0.1) is 0 Å². The van der Waals surface area contributed by atoms with Crippen LogP contribution in [-0.2, 0) is 9.47 Å². The predicted octanol–water partition coefficient (Wildman–Crippen LogP) is 3.21. The van der Waals surface area contributed by atoms with Crippen molar-refractivity contribution in [3.63, 3.8) is 0 Å². The highest BCUT2D eigenvalue weighted by atomic mass is 16.6. The summed E-state index contributed by atoms with van der Waals surface area (Å²) < 4.78 is 16.3. The summed E-state index contributed by atoms with van der Waals surface area (Å²) in [5.41, 5.74) is -0.433. The van der Waals surface area contributed by atoms with Crippen molar-refractivity contribution in [1.82, 2.24) is 4.90 Å². The van der Waals surface area contributed by atoms with Crippen LogP contribution in [0, 0.1) is 0 Å². The lowest BCUT2D eigenvalue weighted by Gasteiger charge is -2.44. The van der Waals surface area contributed by atoms with Crippen molar-refractivity contribution in [1.29, 1.82) is 0 Å². The van der Waals surface area contributed by atoms with Crippen LogP contribution in [0.4, 0.5) is 4.79 Å². The van der Waals surface area contributed by atoms with E-state index in [1.807, 2.05) is 20.8 Å². The number of hydrogen-bond acceptors (Lipinski definition) is 6. The van der Waals surface area contributed by atoms with E-state index >= 15 is 0 Å². The number of fused-ring (bicyclic) bond motifs is 1. The van der Waals surface area contributed by atoms with Gasteiger partial charge in [0, 0.05) is 25.9 Å². The van der Waals surface area contributed by atoms with E-state index in [1.165, 1.54) is 13.2 Å². The molecule has 2 aliphatic rings. The van der Waals surface area contributed by atoms with E-state index in [0.29, 0.717) is 42.8 Å². The second-order valence-electron chi connectivity index (χ2n) is 8.05. The number of nitrogens with zero attached hydrogens (tertiary/aromatic N) is 1. The van der Waals surface area contributed by atoms with Crippen molar-refractivity contribution in [2.75, 3.05) is 20.2 Å². The molecule has 1 spiro atoms. The first-order valence-corrected chi connectivity index (χ1v) is 9.05. The smallest absolute Gasteiger partial charge is 0.410 e. The zero-order valence-corrected chi connectivity index (χ0v) is 16.2. The van der Waals surface area contributed by atoms with Gasteiger partial charge in [0.05, 0.1) is 24.7 Å². The van der Waals surface area contributed by atoms with E-state index in [9.17, 15) is 14.4 Å². The number of ether oxygens (including phenoxy) is 3. The van der Waals surface area contributed by atoms with E-state index in [1.54, 1.807) is 17.0 Å². The highest BCUT2D eigenvalue weighted by Gasteiger charge is 2.44. The number of ketones is 1. The van der Waals surface area contributed by atoms with E-state index in [2.05, 4.69) is 0 Å². The van der Waals surface area contributed by atoms with Crippen LogP contribution in [0.25, 0.3) is 0 Å². The third kappa shape index (κ3) is 4.07. The Labute approximate surface area is 158 Å². The van der Waals surface area contributed by atoms with Crippen LogP contribution >= 0.6 is 0 Å². The topological polar surface area (TPSA) is 82.1 Å². The Balaban J connectivity index is 1.71. The maximum atomic E-state index is 12.7. The highest BCUT2D eigenvalue weighted by molar-refractivity contribution is 6.02. The molecule has 3 rings (SSSR count). The Bertz CT molecular complexity index is 771. The minimum atomic E-state index is -0.616. The average Bonchev–Trinajstić information content (AvgIpc) is 2.60. The SMILES string of the molecule is COC(=O)c1ccc2c(c1)C(=O)CC1(CCN(C(=O)OC(C)(C)C)CC1)O2. The van der Waals surface area contributed by atoms with Crippen LogP contribution in [0.5, 0.6) is 5.75 Å². The Kier molecular flexibility index (Phi) is 4.88. The van der Waals surface area contributed by atoms with Crippen molar-refractivity contribution in [3.8, 4) is 5.75 Å². The maximum absolute atomic E-state index is 12.7. The molecule has 0 bridgehead atoms. The molecule has 0 aromatic heterocycles. The van der Waals surface area contributed by atoms with E-state index < -0.39 is 17.2 Å². The molecule has 1 aromatic carbocycles. The number of methoxy groups -OCH3 is 1. The van der Waals surface area contributed by atoms with Crippen molar-refractivity contribution in [2.45, 2.75) is 51.2 Å². The summed E-state index contributed by atoms with van der Waals surface area (Å²) in [6.07, 6.45) is 0.988. The summed E-state index contributed by atoms with van der Waals surface area (Å²) in [5, 5.41) is 0. The number of hydrogen-bond donors (Lipinski definition) is 0. The number of carbonyl (C=O) groups excluding carboxylic acids is 3. The van der Waals surface area contributed by atoms with Crippen molar-refractivity contribution in [2.24, 2.45) is 0 Å². The maximum Gasteiger partial charge on any atom is 0.410 e. The number of rotatable bonds is 1. The highest BCUT2D eigenvalue weighted by Crippen LogP contribution is 2.40. The standard InChI is InChI=1S/C20H25NO6/c1-19(2,3)27-18(24)21-9-7-20(8-10-21)12-15(22)14-11-13(17(23)25-4)5-6-16(14)26-20/h5-6,11H,7-10,12H2,1-4H3. The molecule has 0 atom stereocenters. The van der Waals surface area contributed by atoms with Gasteiger partial charge in [-0.2, -0.15) is 0 Å². The second-order valence-corrected chi connectivity index (χ2v) is 8.05. The molecule has 0 aliphatic carbocycles. The lowest BCUT2D eigenvalue weighted by atomic mass is 9.82. The Morgan fingerprint density at radius 2 is 1.85 bits per heavy atom. The third-order valence-electron chi connectivity index (χ3n) is 4.84. The molecule has 0 N–H and O–H groups in total. The molecule has 0 unspecified atom stereocenters. The molecular formula is C20H25NO6. The van der Waals surface area contributed by atoms with Gasteiger partial charge in [-0.1, -0.05) is 0 Å². The quantitative estimate of drug-likeness (QED) is 0.701. The van der Waals surface area contributed by atoms with Crippen molar-refractivity contribution < 1.29 is 28.6 Å². The number of Topliss-reactive ketones (excluding diaryl/α,β-unsaturated/α-hetero) is 1. The van der Waals surface area contributed by atoms with Gasteiger partial charge < -0.3 is 19.1 Å². The number of benzene rings is 1. The molecular weight excluding hydrogens is 350 g/mol. The number of esters is 1. The van der Waals surface area contributed by atoms with Crippen LogP contribution in [-0.4, -0.2) is 54.1 Å². The Morgan fingerprint density at radius 3 is 2.44 bits per heavy atom. The summed E-state index contributed by atoms with van der Waals surface area (Å²) in [6, 6.07) is 4.75. The molecule has 7 nitrogen and oxygen atoms in total. The summed E-state index contributed by atoms with van der Waals surface area (Å²) in [5.74, 6) is -0.0751. The molecule has 0 radical (unpaired) electrons. The fraction of sp³-hybridized carbons (Fsp3) is 0.550.